The van der Waals surface area contributed by atoms with Gasteiger partial charge in [0.25, 0.3) is 0 Å². The van der Waals surface area contributed by atoms with Crippen molar-refractivity contribution in [2.75, 3.05) is 0 Å². The fraction of sp³-hybridized carbons (Fsp3) is 0.250. The largest absolute Gasteiger partial charge is 0.324 e. The van der Waals surface area contributed by atoms with Gasteiger partial charge >= 0.3 is 0 Å². The third-order valence-corrected chi connectivity index (χ3v) is 1.42. The van der Waals surface area contributed by atoms with Gasteiger partial charge < -0.3 is 5.73 Å². The maximum absolute atomic E-state index is 8.49. The van der Waals surface area contributed by atoms with E-state index in [0.29, 0.717) is 5.69 Å². The Bertz CT molecular complexity index is 294. The summed E-state index contributed by atoms with van der Waals surface area (Å²) in [7, 11) is 0. The number of aromatic nitrogens is 1. The predicted molar refractivity (Wildman–Crippen MR) is 56.1 cm³/mol. The average Bonchev–Trinajstić information content (AvgIpc) is 2.05. The van der Waals surface area contributed by atoms with Crippen molar-refractivity contribution in [1.29, 1.82) is 5.26 Å². The van der Waals surface area contributed by atoms with Gasteiger partial charge in [-0.1, -0.05) is 0 Å². The highest BCUT2D eigenvalue weighted by molar-refractivity contribution is 5.85. The molecule has 0 fully saturated rings. The van der Waals surface area contributed by atoms with Crippen molar-refractivity contribution in [3.63, 3.8) is 0 Å². The van der Waals surface area contributed by atoms with Gasteiger partial charge in [0.15, 0.2) is 0 Å². The fourth-order valence-corrected chi connectivity index (χ4v) is 0.791. The molecular formula is C8H11Cl2N3. The molecule has 1 rings (SSSR count). The van der Waals surface area contributed by atoms with E-state index in [1.165, 1.54) is 0 Å². The number of halogens is 2. The molecular weight excluding hydrogens is 209 g/mol. The number of nitrogens with zero attached hydrogens (tertiary/aromatic N) is 2. The zero-order valence-corrected chi connectivity index (χ0v) is 8.73. The molecule has 0 unspecified atom stereocenters. The quantitative estimate of drug-likeness (QED) is 0.784. The molecule has 0 aliphatic rings. The second kappa shape index (κ2) is 6.67. The minimum Gasteiger partial charge on any atom is -0.324 e. The molecule has 0 bridgehead atoms. The van der Waals surface area contributed by atoms with E-state index in [0.717, 1.165) is 5.56 Å². The molecule has 1 atom stereocenters. The van der Waals surface area contributed by atoms with Gasteiger partial charge in [-0.3, -0.25) is 0 Å². The summed E-state index contributed by atoms with van der Waals surface area (Å²) in [5, 5.41) is 8.49. The van der Waals surface area contributed by atoms with Crippen molar-refractivity contribution in [3.8, 4) is 6.07 Å². The van der Waals surface area contributed by atoms with Crippen LogP contribution in [0.4, 0.5) is 0 Å². The number of hydrogen-bond donors (Lipinski definition) is 1. The minimum absolute atomic E-state index is 0. The normalized spacial score (nSPS) is 10.2. The second-order valence-electron chi connectivity index (χ2n) is 2.37. The Morgan fingerprint density at radius 2 is 2.15 bits per heavy atom. The average molecular weight is 220 g/mol. The molecule has 0 saturated carbocycles. The summed E-state index contributed by atoms with van der Waals surface area (Å²) in [5.74, 6) is 0. The maximum atomic E-state index is 8.49. The number of rotatable bonds is 1. The Labute approximate surface area is 89.8 Å². The summed E-state index contributed by atoms with van der Waals surface area (Å²) in [6.45, 7) is 1.87. The third-order valence-electron chi connectivity index (χ3n) is 1.42. The molecule has 3 nitrogen and oxygen atoms in total. The predicted octanol–water partition coefficient (Wildman–Crippen LogP) is 1.82. The van der Waals surface area contributed by atoms with Crippen molar-refractivity contribution in [1.82, 2.24) is 4.98 Å². The van der Waals surface area contributed by atoms with E-state index in [4.69, 9.17) is 11.0 Å². The van der Waals surface area contributed by atoms with Gasteiger partial charge in [0.05, 0.1) is 0 Å². The van der Waals surface area contributed by atoms with Gasteiger partial charge in [-0.05, 0) is 24.6 Å². The lowest BCUT2D eigenvalue weighted by molar-refractivity contribution is 0.814. The topological polar surface area (TPSA) is 62.7 Å². The van der Waals surface area contributed by atoms with E-state index in [1.807, 2.05) is 19.1 Å². The van der Waals surface area contributed by atoms with E-state index < -0.39 is 0 Å². The molecule has 1 aromatic rings. The van der Waals surface area contributed by atoms with Crippen LogP contribution in [0.1, 0.15) is 24.2 Å². The van der Waals surface area contributed by atoms with Crippen LogP contribution in [0.3, 0.4) is 0 Å². The maximum Gasteiger partial charge on any atom is 0.140 e. The lowest BCUT2D eigenvalue weighted by Crippen LogP contribution is -2.05. The molecule has 5 heteroatoms. The van der Waals surface area contributed by atoms with E-state index in [1.54, 1.807) is 12.3 Å². The third kappa shape index (κ3) is 4.09. The van der Waals surface area contributed by atoms with Gasteiger partial charge in [-0.25, -0.2) is 4.98 Å². The van der Waals surface area contributed by atoms with Gasteiger partial charge in [-0.2, -0.15) is 5.26 Å². The molecule has 0 amide bonds. The van der Waals surface area contributed by atoms with Gasteiger partial charge in [0.2, 0.25) is 0 Å². The van der Waals surface area contributed by atoms with E-state index in [-0.39, 0.29) is 30.9 Å². The first-order valence-corrected chi connectivity index (χ1v) is 3.35. The summed E-state index contributed by atoms with van der Waals surface area (Å²) in [6, 6.07) is 5.43. The summed E-state index contributed by atoms with van der Waals surface area (Å²) >= 11 is 0. The number of nitrogens with two attached hydrogens (primary N) is 1. The SMILES string of the molecule is C[C@@H](N)c1ccnc(C#N)c1.Cl.Cl. The number of pyridine rings is 1. The van der Waals surface area contributed by atoms with Crippen LogP contribution in [0.25, 0.3) is 0 Å². The molecule has 13 heavy (non-hydrogen) atoms. The zero-order valence-electron chi connectivity index (χ0n) is 7.10. The van der Waals surface area contributed by atoms with Crippen molar-refractivity contribution < 1.29 is 0 Å². The van der Waals surface area contributed by atoms with Crippen LogP contribution >= 0.6 is 24.8 Å². The van der Waals surface area contributed by atoms with Crippen molar-refractivity contribution in [3.05, 3.63) is 29.6 Å². The zero-order chi connectivity index (χ0) is 8.27. The summed E-state index contributed by atoms with van der Waals surface area (Å²) in [4.78, 5) is 3.82. The molecule has 0 radical (unpaired) electrons. The Balaban J connectivity index is 0. The highest BCUT2D eigenvalue weighted by atomic mass is 35.5. The van der Waals surface area contributed by atoms with E-state index in [9.17, 15) is 0 Å². The standard InChI is InChI=1S/C8H9N3.2ClH/c1-6(10)7-2-3-11-8(4-7)5-9;;/h2-4,6H,10H2,1H3;2*1H/t6-;;/m1../s1. The van der Waals surface area contributed by atoms with Gasteiger partial charge in [0.1, 0.15) is 11.8 Å². The number of nitriles is 1. The molecule has 1 aromatic heterocycles. The Morgan fingerprint density at radius 1 is 1.54 bits per heavy atom. The molecule has 0 spiro atoms. The first-order chi connectivity index (χ1) is 5.24. The van der Waals surface area contributed by atoms with Crippen molar-refractivity contribution in [2.45, 2.75) is 13.0 Å². The molecule has 2 N–H and O–H groups in total. The molecule has 0 saturated heterocycles. The summed E-state index contributed by atoms with van der Waals surface area (Å²) < 4.78 is 0. The van der Waals surface area contributed by atoms with Crippen LogP contribution in [0.2, 0.25) is 0 Å². The second-order valence-corrected chi connectivity index (χ2v) is 2.37. The van der Waals surface area contributed by atoms with E-state index >= 15 is 0 Å². The first kappa shape index (κ1) is 14.7. The molecule has 0 aliphatic heterocycles. The first-order valence-electron chi connectivity index (χ1n) is 3.35. The highest BCUT2D eigenvalue weighted by Gasteiger charge is 1.99. The Morgan fingerprint density at radius 3 is 2.62 bits per heavy atom. The lowest BCUT2D eigenvalue weighted by Gasteiger charge is -2.03. The van der Waals surface area contributed by atoms with Crippen LogP contribution in [0.5, 0.6) is 0 Å². The van der Waals surface area contributed by atoms with Crippen molar-refractivity contribution >= 4 is 24.8 Å². The Kier molecular flexibility index (Phi) is 7.54. The van der Waals surface area contributed by atoms with Crippen LogP contribution in [-0.2, 0) is 0 Å². The summed E-state index contributed by atoms with van der Waals surface area (Å²) in [6.07, 6.45) is 1.59. The van der Waals surface area contributed by atoms with Crippen LogP contribution in [0.15, 0.2) is 18.3 Å². The lowest BCUT2D eigenvalue weighted by atomic mass is 10.1. The monoisotopic (exact) mass is 219 g/mol. The molecule has 0 aromatic carbocycles. The molecule has 1 heterocycles. The van der Waals surface area contributed by atoms with Crippen molar-refractivity contribution in [2.24, 2.45) is 5.73 Å². The minimum atomic E-state index is -0.0369. The van der Waals surface area contributed by atoms with Crippen LogP contribution < -0.4 is 5.73 Å². The highest BCUT2D eigenvalue weighted by Crippen LogP contribution is 2.08. The molecule has 72 valence electrons. The fourth-order valence-electron chi connectivity index (χ4n) is 0.791. The Hall–Kier alpha value is -0.820. The van der Waals surface area contributed by atoms with Gasteiger partial charge in [-0.15, -0.1) is 24.8 Å². The number of hydrogen-bond acceptors (Lipinski definition) is 3. The van der Waals surface area contributed by atoms with Gasteiger partial charge in [0, 0.05) is 12.2 Å². The van der Waals surface area contributed by atoms with E-state index in [2.05, 4.69) is 4.98 Å². The smallest absolute Gasteiger partial charge is 0.140 e. The summed E-state index contributed by atoms with van der Waals surface area (Å²) in [5.41, 5.74) is 6.96. The molecule has 0 aliphatic carbocycles. The van der Waals surface area contributed by atoms with Crippen LogP contribution in [-0.4, -0.2) is 4.98 Å². The van der Waals surface area contributed by atoms with Crippen LogP contribution in [0, 0.1) is 11.3 Å².